The molecule has 0 spiro atoms. The summed E-state index contributed by atoms with van der Waals surface area (Å²) in [5, 5.41) is 2.45. The molecule has 150 valence electrons. The van der Waals surface area contributed by atoms with Crippen molar-refractivity contribution in [1.82, 2.24) is 4.98 Å². The quantitative estimate of drug-likeness (QED) is 0.615. The number of benzene rings is 1. The molecule has 2 aromatic heterocycles. The summed E-state index contributed by atoms with van der Waals surface area (Å²) in [6.45, 7) is 1.00. The number of hydrogen-bond acceptors (Lipinski definition) is 6. The lowest BCUT2D eigenvalue weighted by Crippen LogP contribution is -2.23. The van der Waals surface area contributed by atoms with Crippen molar-refractivity contribution in [1.29, 1.82) is 0 Å². The Hall–Kier alpha value is -2.91. The average Bonchev–Trinajstić information content (AvgIpc) is 3.37. The van der Waals surface area contributed by atoms with Crippen LogP contribution in [0.3, 0.4) is 0 Å². The van der Waals surface area contributed by atoms with Crippen LogP contribution in [0.2, 0.25) is 0 Å². The van der Waals surface area contributed by atoms with Gasteiger partial charge in [-0.2, -0.15) is 0 Å². The lowest BCUT2D eigenvalue weighted by Gasteiger charge is -2.20. The number of thiazole rings is 1. The number of carbonyl (C=O) groups excluding carboxylic acids is 2. The van der Waals surface area contributed by atoms with Crippen LogP contribution in [0, 0.1) is 17.6 Å². The zero-order valence-electron chi connectivity index (χ0n) is 15.1. The van der Waals surface area contributed by atoms with Crippen LogP contribution in [-0.2, 0) is 4.74 Å². The normalized spacial score (nSPS) is 14.7. The highest BCUT2D eigenvalue weighted by atomic mass is 32.1. The number of nitrogens with one attached hydrogen (secondary N) is 1. The van der Waals surface area contributed by atoms with Gasteiger partial charge in [-0.25, -0.2) is 13.8 Å². The number of hydrogen-bond donors (Lipinski definition) is 1. The molecular weight excluding hydrogens is 402 g/mol. The van der Waals surface area contributed by atoms with Gasteiger partial charge in [0.1, 0.15) is 27.8 Å². The van der Waals surface area contributed by atoms with Crippen LogP contribution in [0.25, 0.3) is 11.5 Å². The Morgan fingerprint density at radius 2 is 1.83 bits per heavy atom. The van der Waals surface area contributed by atoms with Gasteiger partial charge in [-0.1, -0.05) is 17.4 Å². The van der Waals surface area contributed by atoms with Gasteiger partial charge in [0.15, 0.2) is 16.7 Å². The first kappa shape index (κ1) is 19.4. The molecule has 1 aliphatic rings. The van der Waals surface area contributed by atoms with E-state index in [0.29, 0.717) is 42.4 Å². The van der Waals surface area contributed by atoms with Crippen molar-refractivity contribution in [2.24, 2.45) is 5.92 Å². The summed E-state index contributed by atoms with van der Waals surface area (Å²) >= 11 is 0.956. The van der Waals surface area contributed by atoms with Gasteiger partial charge in [0, 0.05) is 19.1 Å². The van der Waals surface area contributed by atoms with Gasteiger partial charge < -0.3 is 9.15 Å². The predicted molar refractivity (Wildman–Crippen MR) is 102 cm³/mol. The van der Waals surface area contributed by atoms with Gasteiger partial charge >= 0.3 is 0 Å². The highest BCUT2D eigenvalue weighted by Gasteiger charge is 2.29. The number of Topliss-reactive ketones (excluding diaryl/α,β-unsaturated/α-hetero) is 1. The average molecular weight is 418 g/mol. The first-order valence-corrected chi connectivity index (χ1v) is 9.78. The maximum atomic E-state index is 13.9. The zero-order valence-corrected chi connectivity index (χ0v) is 15.9. The third kappa shape index (κ3) is 3.96. The van der Waals surface area contributed by atoms with Gasteiger partial charge in [0.05, 0.1) is 6.26 Å². The Balaban J connectivity index is 1.66. The molecule has 0 atom stereocenters. The highest BCUT2D eigenvalue weighted by molar-refractivity contribution is 7.18. The number of rotatable bonds is 5. The van der Waals surface area contributed by atoms with Crippen LogP contribution in [0.1, 0.15) is 32.9 Å². The number of halogens is 2. The maximum Gasteiger partial charge on any atom is 0.263 e. The van der Waals surface area contributed by atoms with Crippen LogP contribution in [0.4, 0.5) is 13.9 Å². The summed E-state index contributed by atoms with van der Waals surface area (Å²) in [5.41, 5.74) is -0.416. The SMILES string of the molecule is O=C(Nc1nc(-c2ccco2)c(C(=O)C2CCOCC2)s1)c1c(F)cccc1F. The van der Waals surface area contributed by atoms with E-state index in [-0.39, 0.29) is 16.8 Å². The van der Waals surface area contributed by atoms with Crippen molar-refractivity contribution in [3.8, 4) is 11.5 Å². The van der Waals surface area contributed by atoms with Gasteiger partial charge in [-0.05, 0) is 37.1 Å². The van der Waals surface area contributed by atoms with E-state index in [0.717, 1.165) is 23.5 Å². The minimum atomic E-state index is -0.983. The molecule has 3 aromatic rings. The summed E-state index contributed by atoms with van der Waals surface area (Å²) in [6, 6.07) is 6.47. The number of ether oxygens (including phenoxy) is 1. The van der Waals surface area contributed by atoms with E-state index in [9.17, 15) is 18.4 Å². The number of carbonyl (C=O) groups is 2. The van der Waals surface area contributed by atoms with Gasteiger partial charge in [-0.15, -0.1) is 0 Å². The summed E-state index contributed by atoms with van der Waals surface area (Å²) in [6.07, 6.45) is 2.64. The van der Waals surface area contributed by atoms with E-state index in [2.05, 4.69) is 10.3 Å². The van der Waals surface area contributed by atoms with E-state index >= 15 is 0 Å². The molecule has 3 heterocycles. The Bertz CT molecular complexity index is 1020. The summed E-state index contributed by atoms with van der Waals surface area (Å²) in [7, 11) is 0. The molecule has 1 N–H and O–H groups in total. The molecule has 0 bridgehead atoms. The number of ketones is 1. The van der Waals surface area contributed by atoms with Crippen molar-refractivity contribution in [3.63, 3.8) is 0 Å². The van der Waals surface area contributed by atoms with Crippen LogP contribution in [0.5, 0.6) is 0 Å². The predicted octanol–water partition coefficient (Wildman–Crippen LogP) is 4.54. The molecule has 1 fully saturated rings. The fraction of sp³-hybridized carbons (Fsp3) is 0.250. The Labute approximate surface area is 168 Å². The van der Waals surface area contributed by atoms with Gasteiger partial charge in [0.25, 0.3) is 5.91 Å². The van der Waals surface area contributed by atoms with Crippen molar-refractivity contribution < 1.29 is 27.5 Å². The second-order valence-electron chi connectivity index (χ2n) is 6.48. The lowest BCUT2D eigenvalue weighted by atomic mass is 9.94. The first-order chi connectivity index (χ1) is 14.0. The molecule has 0 radical (unpaired) electrons. The summed E-state index contributed by atoms with van der Waals surface area (Å²) in [5.74, 6) is -2.91. The van der Waals surface area contributed by atoms with Gasteiger partial charge in [-0.3, -0.25) is 14.9 Å². The van der Waals surface area contributed by atoms with Crippen LogP contribution < -0.4 is 5.32 Å². The molecular formula is C20H16F2N2O4S. The third-order valence-electron chi connectivity index (χ3n) is 4.61. The van der Waals surface area contributed by atoms with Crippen molar-refractivity contribution in [3.05, 3.63) is 58.7 Å². The van der Waals surface area contributed by atoms with Gasteiger partial charge in [0.2, 0.25) is 0 Å². The van der Waals surface area contributed by atoms with Crippen LogP contribution in [-0.4, -0.2) is 29.9 Å². The number of amides is 1. The Morgan fingerprint density at radius 1 is 1.10 bits per heavy atom. The van der Waals surface area contributed by atoms with Crippen molar-refractivity contribution in [2.75, 3.05) is 18.5 Å². The second kappa shape index (κ2) is 8.22. The standard InChI is InChI=1S/C20H16F2N2O4S/c21-12-3-1-4-13(22)15(12)19(26)24-20-23-16(14-5-2-8-28-14)18(29-20)17(25)11-6-9-27-10-7-11/h1-5,8,11H,6-7,9-10H2,(H,23,24,26). The number of furan rings is 1. The minimum absolute atomic E-state index is 0.0551. The first-order valence-electron chi connectivity index (χ1n) is 8.96. The topological polar surface area (TPSA) is 81.4 Å². The Morgan fingerprint density at radius 3 is 2.48 bits per heavy atom. The molecule has 6 nitrogen and oxygen atoms in total. The zero-order chi connectivity index (χ0) is 20.4. The molecule has 0 unspecified atom stereocenters. The maximum absolute atomic E-state index is 13.9. The molecule has 1 amide bonds. The lowest BCUT2D eigenvalue weighted by molar-refractivity contribution is 0.0547. The van der Waals surface area contributed by atoms with Crippen molar-refractivity contribution >= 4 is 28.2 Å². The second-order valence-corrected chi connectivity index (χ2v) is 7.47. The van der Waals surface area contributed by atoms with E-state index in [1.807, 2.05) is 0 Å². The van der Waals surface area contributed by atoms with E-state index in [4.69, 9.17) is 9.15 Å². The molecule has 1 aromatic carbocycles. The number of anilines is 1. The van der Waals surface area contributed by atoms with Crippen molar-refractivity contribution in [2.45, 2.75) is 12.8 Å². The van der Waals surface area contributed by atoms with Crippen LogP contribution >= 0.6 is 11.3 Å². The smallest absolute Gasteiger partial charge is 0.263 e. The monoisotopic (exact) mass is 418 g/mol. The molecule has 1 aliphatic heterocycles. The van der Waals surface area contributed by atoms with Crippen LogP contribution in [0.15, 0.2) is 41.0 Å². The fourth-order valence-electron chi connectivity index (χ4n) is 3.14. The Kier molecular flexibility index (Phi) is 5.50. The molecule has 1 saturated heterocycles. The molecule has 0 saturated carbocycles. The molecule has 4 rings (SSSR count). The fourth-order valence-corrected chi connectivity index (χ4v) is 4.12. The third-order valence-corrected chi connectivity index (χ3v) is 5.59. The molecule has 9 heteroatoms. The highest BCUT2D eigenvalue weighted by Crippen LogP contribution is 2.35. The van der Waals surface area contributed by atoms with E-state index in [1.165, 1.54) is 12.3 Å². The summed E-state index contributed by atoms with van der Waals surface area (Å²) in [4.78, 5) is 30.0. The largest absolute Gasteiger partial charge is 0.463 e. The number of aromatic nitrogens is 1. The summed E-state index contributed by atoms with van der Waals surface area (Å²) < 4.78 is 38.4. The van der Waals surface area contributed by atoms with E-state index in [1.54, 1.807) is 12.1 Å². The molecule has 29 heavy (non-hydrogen) atoms. The minimum Gasteiger partial charge on any atom is -0.463 e. The number of nitrogens with zero attached hydrogens (tertiary/aromatic N) is 1. The van der Waals surface area contributed by atoms with E-state index < -0.39 is 23.1 Å². The molecule has 0 aliphatic carbocycles.